The Morgan fingerprint density at radius 3 is 2.71 bits per heavy atom. The van der Waals surface area contributed by atoms with Crippen molar-refractivity contribution in [3.8, 4) is 0 Å². The number of H-pyrrole nitrogens is 1. The third kappa shape index (κ3) is 4.54. The summed E-state index contributed by atoms with van der Waals surface area (Å²) in [6.07, 6.45) is 6.23. The predicted octanol–water partition coefficient (Wildman–Crippen LogP) is 5.11. The molecule has 2 aromatic heterocycles. The molecule has 0 atom stereocenters. The fraction of sp³-hybridized carbons (Fsp3) is 0.160. The van der Waals surface area contributed by atoms with Gasteiger partial charge in [-0.1, -0.05) is 23.9 Å². The summed E-state index contributed by atoms with van der Waals surface area (Å²) in [7, 11) is 1.65. The van der Waals surface area contributed by atoms with Crippen LogP contribution in [0.25, 0.3) is 23.1 Å². The highest BCUT2D eigenvalue weighted by atomic mass is 32.2. The number of aromatic nitrogens is 3. The van der Waals surface area contributed by atoms with Crippen LogP contribution >= 0.6 is 11.8 Å². The predicted molar refractivity (Wildman–Crippen MR) is 126 cm³/mol. The van der Waals surface area contributed by atoms with Crippen LogP contribution in [0.5, 0.6) is 0 Å². The molecule has 4 aromatic rings. The van der Waals surface area contributed by atoms with Crippen molar-refractivity contribution in [2.45, 2.75) is 29.7 Å². The summed E-state index contributed by atoms with van der Waals surface area (Å²) in [6.45, 7) is 4.34. The fourth-order valence-electron chi connectivity index (χ4n) is 3.46. The molecule has 0 radical (unpaired) electrons. The summed E-state index contributed by atoms with van der Waals surface area (Å²) in [4.78, 5) is 14.1. The van der Waals surface area contributed by atoms with Crippen LogP contribution in [0.4, 0.5) is 0 Å². The van der Waals surface area contributed by atoms with Crippen molar-refractivity contribution in [1.29, 1.82) is 0 Å². The molecule has 0 fully saturated rings. The molecule has 0 aliphatic rings. The molecular formula is C25H25N4OS+. The van der Waals surface area contributed by atoms with Gasteiger partial charge in [-0.2, -0.15) is 9.67 Å². The Kier molecular flexibility index (Phi) is 6.18. The molecule has 2 heterocycles. The van der Waals surface area contributed by atoms with Crippen LogP contribution in [0.1, 0.15) is 41.6 Å². The van der Waals surface area contributed by atoms with Crippen molar-refractivity contribution in [2.75, 3.05) is 7.05 Å². The molecule has 1 amide bonds. The molecule has 6 heteroatoms. The molecule has 4 rings (SSSR count). The Morgan fingerprint density at radius 1 is 1.10 bits per heavy atom. The lowest BCUT2D eigenvalue weighted by Gasteiger charge is -2.08. The van der Waals surface area contributed by atoms with E-state index in [-0.39, 0.29) is 5.91 Å². The van der Waals surface area contributed by atoms with Crippen molar-refractivity contribution >= 4 is 40.7 Å². The van der Waals surface area contributed by atoms with Crippen LogP contribution in [0, 0.1) is 0 Å². The highest BCUT2D eigenvalue weighted by Gasteiger charge is 2.13. The molecule has 0 unspecified atom stereocenters. The van der Waals surface area contributed by atoms with E-state index in [9.17, 15) is 4.79 Å². The van der Waals surface area contributed by atoms with Crippen molar-refractivity contribution < 1.29 is 9.36 Å². The van der Waals surface area contributed by atoms with Gasteiger partial charge in [-0.3, -0.25) is 9.89 Å². The number of benzene rings is 2. The third-order valence-electron chi connectivity index (χ3n) is 5.04. The second-order valence-corrected chi connectivity index (χ2v) is 8.57. The normalized spacial score (nSPS) is 11.5. The number of pyridine rings is 1. The number of hydrogen-bond acceptors (Lipinski definition) is 3. The summed E-state index contributed by atoms with van der Waals surface area (Å²) in [5.74, 6) is -0.0855. The van der Waals surface area contributed by atoms with Gasteiger partial charge in [0, 0.05) is 40.4 Å². The van der Waals surface area contributed by atoms with Gasteiger partial charge in [0.15, 0.2) is 12.2 Å². The van der Waals surface area contributed by atoms with Gasteiger partial charge in [0.1, 0.15) is 0 Å². The number of rotatable bonds is 6. The molecule has 0 aliphatic carbocycles. The highest BCUT2D eigenvalue weighted by Crippen LogP contribution is 2.32. The molecular weight excluding hydrogens is 404 g/mol. The fourth-order valence-corrected chi connectivity index (χ4v) is 4.44. The van der Waals surface area contributed by atoms with Gasteiger partial charge in [-0.05, 0) is 56.3 Å². The number of carbonyl (C=O) groups is 1. The Labute approximate surface area is 186 Å². The number of hydrogen-bond donors (Lipinski definition) is 2. The molecule has 2 N–H and O–H groups in total. The van der Waals surface area contributed by atoms with Gasteiger partial charge in [0.05, 0.1) is 16.8 Å². The first-order chi connectivity index (χ1) is 15.1. The Morgan fingerprint density at radius 2 is 1.90 bits per heavy atom. The zero-order valence-electron chi connectivity index (χ0n) is 17.8. The summed E-state index contributed by atoms with van der Waals surface area (Å²) in [6, 6.07) is 20.4. The van der Waals surface area contributed by atoms with Gasteiger partial charge in [0.2, 0.25) is 5.69 Å². The van der Waals surface area contributed by atoms with Gasteiger partial charge < -0.3 is 5.32 Å². The molecule has 2 aromatic carbocycles. The summed E-state index contributed by atoms with van der Waals surface area (Å²) in [5, 5.41) is 11.4. The van der Waals surface area contributed by atoms with E-state index in [1.54, 1.807) is 18.8 Å². The van der Waals surface area contributed by atoms with Crippen molar-refractivity contribution in [2.24, 2.45) is 0 Å². The highest BCUT2D eigenvalue weighted by molar-refractivity contribution is 7.99. The van der Waals surface area contributed by atoms with Gasteiger partial charge in [-0.15, -0.1) is 0 Å². The summed E-state index contributed by atoms with van der Waals surface area (Å²) < 4.78 is 2.23. The van der Waals surface area contributed by atoms with E-state index >= 15 is 0 Å². The minimum atomic E-state index is -0.0855. The lowest BCUT2D eigenvalue weighted by atomic mass is 10.2. The Bertz CT molecular complexity index is 1260. The van der Waals surface area contributed by atoms with E-state index in [2.05, 4.69) is 70.5 Å². The molecule has 0 saturated carbocycles. The van der Waals surface area contributed by atoms with E-state index in [4.69, 9.17) is 0 Å². The Balaban J connectivity index is 1.61. The minimum absolute atomic E-state index is 0.0855. The number of amides is 1. The number of carbonyl (C=O) groups excluding carboxylic acids is 1. The zero-order valence-corrected chi connectivity index (χ0v) is 18.6. The quantitative estimate of drug-likeness (QED) is 0.419. The average Bonchev–Trinajstić information content (AvgIpc) is 3.20. The van der Waals surface area contributed by atoms with Crippen LogP contribution in [-0.2, 0) is 0 Å². The van der Waals surface area contributed by atoms with Gasteiger partial charge >= 0.3 is 0 Å². The lowest BCUT2D eigenvalue weighted by molar-refractivity contribution is -0.717. The smallest absolute Gasteiger partial charge is 0.252 e. The van der Waals surface area contributed by atoms with Crippen LogP contribution < -0.4 is 9.88 Å². The second-order valence-electron chi connectivity index (χ2n) is 7.45. The first kappa shape index (κ1) is 20.9. The molecule has 31 heavy (non-hydrogen) atoms. The first-order valence-corrected chi connectivity index (χ1v) is 11.0. The largest absolute Gasteiger partial charge is 0.355 e. The minimum Gasteiger partial charge on any atom is -0.355 e. The Hall–Kier alpha value is -3.38. The standard InChI is InChI=1S/C25H24N4OS/c1-17(2)29-15-7-6-8-18(29)11-14-22-20-13-12-19(16-23(20)28-27-22)31-24-10-5-4-9-21(24)25(30)26-3/h4-17H,1-3H3,(H,26,30)/p+1. The van der Waals surface area contributed by atoms with E-state index in [0.717, 1.165) is 32.1 Å². The maximum atomic E-state index is 12.1. The van der Waals surface area contributed by atoms with E-state index in [1.807, 2.05) is 42.5 Å². The topological polar surface area (TPSA) is 61.7 Å². The van der Waals surface area contributed by atoms with Crippen LogP contribution in [0.3, 0.4) is 0 Å². The van der Waals surface area contributed by atoms with Crippen LogP contribution in [0.2, 0.25) is 0 Å². The number of nitrogens with one attached hydrogen (secondary N) is 2. The summed E-state index contributed by atoms with van der Waals surface area (Å²) in [5.41, 5.74) is 3.67. The third-order valence-corrected chi connectivity index (χ3v) is 6.11. The first-order valence-electron chi connectivity index (χ1n) is 10.2. The molecule has 0 aliphatic heterocycles. The van der Waals surface area contributed by atoms with Crippen LogP contribution in [0.15, 0.2) is 76.7 Å². The number of fused-ring (bicyclic) bond motifs is 1. The lowest BCUT2D eigenvalue weighted by Crippen LogP contribution is -2.38. The van der Waals surface area contributed by atoms with Gasteiger partial charge in [-0.25, -0.2) is 0 Å². The van der Waals surface area contributed by atoms with Crippen molar-refractivity contribution in [1.82, 2.24) is 15.5 Å². The molecule has 0 saturated heterocycles. The average molecular weight is 430 g/mol. The van der Waals surface area contributed by atoms with Crippen molar-refractivity contribution in [3.63, 3.8) is 0 Å². The van der Waals surface area contributed by atoms with Crippen molar-refractivity contribution in [3.05, 3.63) is 83.8 Å². The van der Waals surface area contributed by atoms with Crippen LogP contribution in [-0.4, -0.2) is 23.2 Å². The SMILES string of the molecule is CNC(=O)c1ccccc1Sc1ccc2c(/C=C/c3cccc[n+]3C(C)C)n[nH]c2c1. The maximum Gasteiger partial charge on any atom is 0.252 e. The molecule has 0 spiro atoms. The maximum absolute atomic E-state index is 12.1. The van der Waals surface area contributed by atoms with E-state index < -0.39 is 0 Å². The second kappa shape index (κ2) is 9.18. The summed E-state index contributed by atoms with van der Waals surface area (Å²) >= 11 is 1.57. The molecule has 5 nitrogen and oxygen atoms in total. The number of aromatic amines is 1. The van der Waals surface area contributed by atoms with E-state index in [1.165, 1.54) is 0 Å². The van der Waals surface area contributed by atoms with E-state index in [0.29, 0.717) is 11.6 Å². The van der Waals surface area contributed by atoms with Gasteiger partial charge in [0.25, 0.3) is 5.91 Å². The monoisotopic (exact) mass is 429 g/mol. The molecule has 0 bridgehead atoms. The molecule has 156 valence electrons. The number of nitrogens with zero attached hydrogens (tertiary/aromatic N) is 2. The zero-order chi connectivity index (χ0) is 21.8.